The van der Waals surface area contributed by atoms with Crippen molar-refractivity contribution in [3.8, 4) is 11.4 Å². The van der Waals surface area contributed by atoms with Crippen LogP contribution in [0.1, 0.15) is 37.9 Å². The Balaban J connectivity index is 2.11. The lowest BCUT2D eigenvalue weighted by atomic mass is 10.1. The summed E-state index contributed by atoms with van der Waals surface area (Å²) in [5.41, 5.74) is 3.22. The van der Waals surface area contributed by atoms with Crippen LogP contribution in [0.4, 0.5) is 5.82 Å². The molecule has 0 bridgehead atoms. The third kappa shape index (κ3) is 3.25. The fraction of sp³-hybridized carbons (Fsp3) is 0.421. The summed E-state index contributed by atoms with van der Waals surface area (Å²) in [5.74, 6) is 2.46. The van der Waals surface area contributed by atoms with Crippen molar-refractivity contribution in [2.75, 3.05) is 18.0 Å². The highest BCUT2D eigenvalue weighted by Crippen LogP contribution is 2.21. The van der Waals surface area contributed by atoms with Crippen molar-refractivity contribution < 1.29 is 0 Å². The molecule has 3 aromatic rings. The maximum atomic E-state index is 4.74. The first-order valence-corrected chi connectivity index (χ1v) is 8.68. The summed E-state index contributed by atoms with van der Waals surface area (Å²) in [5, 5.41) is 4.74. The van der Waals surface area contributed by atoms with Gasteiger partial charge in [0.25, 0.3) is 5.78 Å². The number of nitrogens with zero attached hydrogens (tertiary/aromatic N) is 5. The standard InChI is InChI=1S/C19H25N5/c1-5-11-23(12-6-2)17-13-15(4)20-19-21-18(22-24(17)19)16-9-7-14(3)8-10-16/h7-10,13H,5-6,11-12H2,1-4H3. The Morgan fingerprint density at radius 1 is 0.958 bits per heavy atom. The summed E-state index contributed by atoms with van der Waals surface area (Å²) in [6, 6.07) is 10.4. The smallest absolute Gasteiger partial charge is 0.254 e. The van der Waals surface area contributed by atoms with Gasteiger partial charge in [-0.3, -0.25) is 0 Å². The predicted molar refractivity (Wildman–Crippen MR) is 98.5 cm³/mol. The topological polar surface area (TPSA) is 46.3 Å². The van der Waals surface area contributed by atoms with Crippen LogP contribution in [0, 0.1) is 13.8 Å². The quantitative estimate of drug-likeness (QED) is 0.687. The van der Waals surface area contributed by atoms with E-state index in [9.17, 15) is 0 Å². The second-order valence-electron chi connectivity index (χ2n) is 6.26. The van der Waals surface area contributed by atoms with Crippen LogP contribution in [-0.2, 0) is 0 Å². The van der Waals surface area contributed by atoms with Crippen LogP contribution < -0.4 is 4.90 Å². The molecule has 2 heterocycles. The average Bonchev–Trinajstić information content (AvgIpc) is 2.98. The Hall–Kier alpha value is -2.43. The molecule has 5 heteroatoms. The molecule has 0 aliphatic heterocycles. The Morgan fingerprint density at radius 3 is 2.25 bits per heavy atom. The third-order valence-corrected chi connectivity index (χ3v) is 4.04. The van der Waals surface area contributed by atoms with Crippen LogP contribution in [-0.4, -0.2) is 32.7 Å². The van der Waals surface area contributed by atoms with E-state index in [0.717, 1.165) is 48.8 Å². The summed E-state index contributed by atoms with van der Waals surface area (Å²) in [7, 11) is 0. The van der Waals surface area contributed by atoms with E-state index >= 15 is 0 Å². The highest BCUT2D eigenvalue weighted by molar-refractivity contribution is 5.59. The summed E-state index contributed by atoms with van der Waals surface area (Å²) >= 11 is 0. The van der Waals surface area contributed by atoms with Crippen LogP contribution in [0.25, 0.3) is 17.2 Å². The van der Waals surface area contributed by atoms with Crippen molar-refractivity contribution in [1.82, 2.24) is 19.6 Å². The fourth-order valence-electron chi connectivity index (χ4n) is 2.90. The number of fused-ring (bicyclic) bond motifs is 1. The lowest BCUT2D eigenvalue weighted by molar-refractivity contribution is 0.714. The Morgan fingerprint density at radius 2 is 1.62 bits per heavy atom. The molecule has 0 amide bonds. The molecule has 0 saturated carbocycles. The second-order valence-corrected chi connectivity index (χ2v) is 6.26. The maximum Gasteiger partial charge on any atom is 0.254 e. The molecule has 0 N–H and O–H groups in total. The number of hydrogen-bond acceptors (Lipinski definition) is 4. The van der Waals surface area contributed by atoms with Gasteiger partial charge in [-0.25, -0.2) is 4.98 Å². The van der Waals surface area contributed by atoms with Gasteiger partial charge in [0.05, 0.1) is 0 Å². The molecule has 0 atom stereocenters. The first-order valence-electron chi connectivity index (χ1n) is 8.68. The number of anilines is 1. The van der Waals surface area contributed by atoms with Crippen LogP contribution in [0.5, 0.6) is 0 Å². The van der Waals surface area contributed by atoms with Gasteiger partial charge in [-0.2, -0.15) is 9.50 Å². The van der Waals surface area contributed by atoms with Gasteiger partial charge in [-0.1, -0.05) is 43.7 Å². The van der Waals surface area contributed by atoms with Crippen molar-refractivity contribution in [1.29, 1.82) is 0 Å². The monoisotopic (exact) mass is 323 g/mol. The molecule has 0 spiro atoms. The normalized spacial score (nSPS) is 11.2. The van der Waals surface area contributed by atoms with Crippen LogP contribution in [0.2, 0.25) is 0 Å². The second kappa shape index (κ2) is 6.99. The molecule has 1 aromatic carbocycles. The number of aromatic nitrogens is 4. The predicted octanol–water partition coefficient (Wildman–Crippen LogP) is 4.03. The zero-order valence-corrected chi connectivity index (χ0v) is 15.0. The van der Waals surface area contributed by atoms with Gasteiger partial charge >= 0.3 is 0 Å². The molecule has 5 nitrogen and oxygen atoms in total. The molecular formula is C19H25N5. The van der Waals surface area contributed by atoms with E-state index in [-0.39, 0.29) is 0 Å². The molecule has 126 valence electrons. The number of aryl methyl sites for hydroxylation is 2. The molecule has 0 aliphatic carbocycles. The third-order valence-electron chi connectivity index (χ3n) is 4.04. The molecule has 0 saturated heterocycles. The van der Waals surface area contributed by atoms with Crippen LogP contribution in [0.3, 0.4) is 0 Å². The SMILES string of the molecule is CCCN(CCC)c1cc(C)nc2nc(-c3ccc(C)cc3)nn12. The minimum absolute atomic E-state index is 0.665. The average molecular weight is 323 g/mol. The number of benzene rings is 1. The first kappa shape index (κ1) is 16.4. The van der Waals surface area contributed by atoms with E-state index in [2.05, 4.69) is 66.0 Å². The molecule has 3 rings (SSSR count). The van der Waals surface area contributed by atoms with Gasteiger partial charge in [-0.15, -0.1) is 5.10 Å². The summed E-state index contributed by atoms with van der Waals surface area (Å²) in [6.45, 7) is 10.5. The van der Waals surface area contributed by atoms with Gasteiger partial charge in [0.1, 0.15) is 5.82 Å². The molecule has 2 aromatic heterocycles. The molecule has 0 radical (unpaired) electrons. The van der Waals surface area contributed by atoms with Crippen molar-refractivity contribution >= 4 is 11.6 Å². The largest absolute Gasteiger partial charge is 0.356 e. The number of hydrogen-bond donors (Lipinski definition) is 0. The van der Waals surface area contributed by atoms with Crippen molar-refractivity contribution in [2.24, 2.45) is 0 Å². The lowest BCUT2D eigenvalue weighted by Crippen LogP contribution is -2.27. The van der Waals surface area contributed by atoms with E-state index in [1.54, 1.807) is 0 Å². The van der Waals surface area contributed by atoms with Gasteiger partial charge < -0.3 is 4.90 Å². The Bertz CT molecular complexity index is 814. The van der Waals surface area contributed by atoms with Gasteiger partial charge in [-0.05, 0) is 26.7 Å². The van der Waals surface area contributed by atoms with E-state index in [4.69, 9.17) is 5.10 Å². The Kier molecular flexibility index (Phi) is 4.79. The van der Waals surface area contributed by atoms with Crippen molar-refractivity contribution in [3.05, 3.63) is 41.6 Å². The molecular weight excluding hydrogens is 298 g/mol. The summed E-state index contributed by atoms with van der Waals surface area (Å²) in [4.78, 5) is 11.6. The van der Waals surface area contributed by atoms with Crippen LogP contribution >= 0.6 is 0 Å². The van der Waals surface area contributed by atoms with Gasteiger partial charge in [0.2, 0.25) is 0 Å². The van der Waals surface area contributed by atoms with Crippen molar-refractivity contribution in [3.63, 3.8) is 0 Å². The minimum Gasteiger partial charge on any atom is -0.356 e. The van der Waals surface area contributed by atoms with Crippen molar-refractivity contribution in [2.45, 2.75) is 40.5 Å². The Labute approximate surface area is 143 Å². The van der Waals surface area contributed by atoms with Gasteiger partial charge in [0.15, 0.2) is 5.82 Å². The highest BCUT2D eigenvalue weighted by Gasteiger charge is 2.15. The minimum atomic E-state index is 0.665. The zero-order valence-electron chi connectivity index (χ0n) is 15.0. The maximum absolute atomic E-state index is 4.74. The van der Waals surface area contributed by atoms with Gasteiger partial charge in [0, 0.05) is 30.4 Å². The van der Waals surface area contributed by atoms with E-state index in [0.29, 0.717) is 5.78 Å². The highest BCUT2D eigenvalue weighted by atomic mass is 15.4. The molecule has 0 aliphatic rings. The molecule has 24 heavy (non-hydrogen) atoms. The molecule has 0 unspecified atom stereocenters. The fourth-order valence-corrected chi connectivity index (χ4v) is 2.90. The molecule has 0 fully saturated rings. The van der Waals surface area contributed by atoms with E-state index in [1.165, 1.54) is 5.56 Å². The van der Waals surface area contributed by atoms with E-state index < -0.39 is 0 Å². The van der Waals surface area contributed by atoms with E-state index in [1.807, 2.05) is 11.4 Å². The zero-order chi connectivity index (χ0) is 17.1. The lowest BCUT2D eigenvalue weighted by Gasteiger charge is -2.24. The number of rotatable bonds is 6. The van der Waals surface area contributed by atoms with Crippen LogP contribution in [0.15, 0.2) is 30.3 Å². The first-order chi connectivity index (χ1) is 11.6. The summed E-state index contributed by atoms with van der Waals surface area (Å²) in [6.07, 6.45) is 2.20. The summed E-state index contributed by atoms with van der Waals surface area (Å²) < 4.78 is 1.88.